The van der Waals surface area contributed by atoms with E-state index in [0.29, 0.717) is 17.3 Å². The number of rotatable bonds is 7. The average Bonchev–Trinajstić information content (AvgIpc) is 2.76. The molecule has 0 aliphatic heterocycles. The van der Waals surface area contributed by atoms with Crippen LogP contribution in [-0.2, 0) is 22.6 Å². The fraction of sp³-hybridized carbons (Fsp3) is 0.273. The number of para-hydroxylation sites is 2. The van der Waals surface area contributed by atoms with Gasteiger partial charge in [-0.2, -0.15) is 0 Å². The van der Waals surface area contributed by atoms with Gasteiger partial charge in [0.25, 0.3) is 5.56 Å². The zero-order valence-electron chi connectivity index (χ0n) is 16.9. The van der Waals surface area contributed by atoms with E-state index >= 15 is 0 Å². The van der Waals surface area contributed by atoms with Crippen LogP contribution in [0.5, 0.6) is 0 Å². The number of nitrogens with zero attached hydrogens (tertiary/aromatic N) is 2. The van der Waals surface area contributed by atoms with Crippen LogP contribution < -0.4 is 16.6 Å². The number of methoxy groups -OCH3 is 1. The third kappa shape index (κ3) is 4.17. The fourth-order valence-corrected chi connectivity index (χ4v) is 3.25. The van der Waals surface area contributed by atoms with Crippen LogP contribution in [0.25, 0.3) is 10.9 Å². The number of hydrogen-bond donors (Lipinski definition) is 1. The second kappa shape index (κ2) is 9.21. The summed E-state index contributed by atoms with van der Waals surface area (Å²) in [4.78, 5) is 50.4. The van der Waals surface area contributed by atoms with E-state index in [2.05, 4.69) is 5.32 Å². The van der Waals surface area contributed by atoms with Crippen LogP contribution >= 0.6 is 0 Å². The Morgan fingerprint density at radius 1 is 1.00 bits per heavy atom. The predicted octanol–water partition coefficient (Wildman–Crippen LogP) is 2.39. The summed E-state index contributed by atoms with van der Waals surface area (Å²) in [6.07, 6.45) is 1.50. The summed E-state index contributed by atoms with van der Waals surface area (Å²) in [6, 6.07) is 13.1. The van der Waals surface area contributed by atoms with Gasteiger partial charge >= 0.3 is 11.7 Å². The third-order valence-electron chi connectivity index (χ3n) is 4.78. The number of anilines is 1. The number of unbranched alkanes of at least 4 members (excludes halogenated alkanes) is 1. The van der Waals surface area contributed by atoms with Gasteiger partial charge in [-0.15, -0.1) is 0 Å². The molecule has 0 unspecified atom stereocenters. The Hall–Kier alpha value is -3.68. The lowest BCUT2D eigenvalue weighted by Crippen LogP contribution is -2.41. The molecule has 8 heteroatoms. The molecule has 1 N–H and O–H groups in total. The highest BCUT2D eigenvalue weighted by molar-refractivity contribution is 6.01. The van der Waals surface area contributed by atoms with Gasteiger partial charge in [0.1, 0.15) is 6.54 Å². The molecule has 0 fully saturated rings. The Labute approximate surface area is 172 Å². The molecule has 3 aromatic rings. The molecule has 0 radical (unpaired) electrons. The van der Waals surface area contributed by atoms with E-state index in [-0.39, 0.29) is 29.9 Å². The summed E-state index contributed by atoms with van der Waals surface area (Å²) < 4.78 is 7.18. The van der Waals surface area contributed by atoms with Gasteiger partial charge in [0, 0.05) is 6.54 Å². The minimum Gasteiger partial charge on any atom is -0.465 e. The lowest BCUT2D eigenvalue weighted by Gasteiger charge is -2.15. The van der Waals surface area contributed by atoms with E-state index in [1.165, 1.54) is 22.3 Å². The molecule has 3 rings (SSSR count). The number of hydrogen-bond acceptors (Lipinski definition) is 5. The van der Waals surface area contributed by atoms with Gasteiger partial charge in [0.2, 0.25) is 5.91 Å². The number of carbonyl (C=O) groups excluding carboxylic acids is 2. The van der Waals surface area contributed by atoms with Crippen molar-refractivity contribution in [3.05, 3.63) is 74.9 Å². The minimum absolute atomic E-state index is 0.207. The first-order valence-corrected chi connectivity index (χ1v) is 9.67. The Morgan fingerprint density at radius 3 is 2.43 bits per heavy atom. The average molecular weight is 409 g/mol. The molecule has 0 aliphatic carbocycles. The number of aromatic nitrogens is 2. The molecule has 8 nitrogen and oxygen atoms in total. The lowest BCUT2D eigenvalue weighted by molar-refractivity contribution is -0.116. The van der Waals surface area contributed by atoms with E-state index in [9.17, 15) is 19.2 Å². The van der Waals surface area contributed by atoms with Crippen molar-refractivity contribution >= 4 is 28.5 Å². The Morgan fingerprint density at radius 2 is 1.70 bits per heavy atom. The predicted molar refractivity (Wildman–Crippen MR) is 114 cm³/mol. The second-order valence-corrected chi connectivity index (χ2v) is 6.78. The van der Waals surface area contributed by atoms with Crippen molar-refractivity contribution < 1.29 is 14.3 Å². The zero-order valence-corrected chi connectivity index (χ0v) is 16.9. The summed E-state index contributed by atoms with van der Waals surface area (Å²) in [5.41, 5.74) is -0.0265. The van der Waals surface area contributed by atoms with Crippen molar-refractivity contribution in [1.82, 2.24) is 9.13 Å². The first-order chi connectivity index (χ1) is 14.5. The molecule has 1 heterocycles. The van der Waals surface area contributed by atoms with Crippen LogP contribution in [0, 0.1) is 0 Å². The number of nitrogens with one attached hydrogen (secondary N) is 1. The van der Waals surface area contributed by atoms with Crippen molar-refractivity contribution in [1.29, 1.82) is 0 Å². The molecule has 0 saturated heterocycles. The monoisotopic (exact) mass is 409 g/mol. The smallest absolute Gasteiger partial charge is 0.339 e. The van der Waals surface area contributed by atoms with Crippen LogP contribution in [0.15, 0.2) is 58.1 Å². The molecule has 1 aromatic heterocycles. The number of amides is 1. The molecular weight excluding hydrogens is 386 g/mol. The summed E-state index contributed by atoms with van der Waals surface area (Å²) in [5.74, 6) is -1.08. The van der Waals surface area contributed by atoms with Gasteiger partial charge in [0.05, 0.1) is 29.3 Å². The summed E-state index contributed by atoms with van der Waals surface area (Å²) >= 11 is 0. The molecule has 2 aromatic carbocycles. The van der Waals surface area contributed by atoms with Gasteiger partial charge in [-0.05, 0) is 30.7 Å². The molecule has 1 amide bonds. The van der Waals surface area contributed by atoms with Crippen molar-refractivity contribution in [3.63, 3.8) is 0 Å². The largest absolute Gasteiger partial charge is 0.465 e. The quantitative estimate of drug-likeness (QED) is 0.604. The molecule has 0 aliphatic rings. The molecule has 0 saturated carbocycles. The van der Waals surface area contributed by atoms with Crippen molar-refractivity contribution in [3.8, 4) is 0 Å². The van der Waals surface area contributed by atoms with E-state index in [1.807, 2.05) is 6.92 Å². The maximum Gasteiger partial charge on any atom is 0.339 e. The van der Waals surface area contributed by atoms with Gasteiger partial charge in [0.15, 0.2) is 0 Å². The standard InChI is InChI=1S/C22H23N3O5/c1-3-4-13-24-20(27)16-10-6-8-12-18(16)25(22(24)29)14-19(26)23-17-11-7-5-9-15(17)21(28)30-2/h5-12H,3-4,13-14H2,1-2H3,(H,23,26). The Balaban J connectivity index is 2.00. The van der Waals surface area contributed by atoms with Crippen molar-refractivity contribution in [2.45, 2.75) is 32.9 Å². The van der Waals surface area contributed by atoms with Crippen molar-refractivity contribution in [2.75, 3.05) is 12.4 Å². The van der Waals surface area contributed by atoms with Gasteiger partial charge in [-0.1, -0.05) is 37.6 Å². The normalized spacial score (nSPS) is 10.7. The maximum atomic E-state index is 13.0. The lowest BCUT2D eigenvalue weighted by atomic mass is 10.2. The molecule has 0 bridgehead atoms. The zero-order chi connectivity index (χ0) is 21.7. The van der Waals surface area contributed by atoms with E-state index < -0.39 is 17.6 Å². The number of benzene rings is 2. The van der Waals surface area contributed by atoms with Gasteiger partial charge < -0.3 is 10.1 Å². The van der Waals surface area contributed by atoms with E-state index in [4.69, 9.17) is 4.74 Å². The maximum absolute atomic E-state index is 13.0. The highest BCUT2D eigenvalue weighted by atomic mass is 16.5. The second-order valence-electron chi connectivity index (χ2n) is 6.78. The first-order valence-electron chi connectivity index (χ1n) is 9.67. The highest BCUT2D eigenvalue weighted by Crippen LogP contribution is 2.16. The van der Waals surface area contributed by atoms with E-state index in [1.54, 1.807) is 42.5 Å². The van der Waals surface area contributed by atoms with Gasteiger partial charge in [-0.3, -0.25) is 18.7 Å². The number of fused-ring (bicyclic) bond motifs is 1. The third-order valence-corrected chi connectivity index (χ3v) is 4.78. The number of carbonyl (C=O) groups is 2. The minimum atomic E-state index is -0.582. The van der Waals surface area contributed by atoms with Crippen LogP contribution in [0.3, 0.4) is 0 Å². The van der Waals surface area contributed by atoms with Crippen LogP contribution in [0.1, 0.15) is 30.1 Å². The Kier molecular flexibility index (Phi) is 6.46. The van der Waals surface area contributed by atoms with Crippen LogP contribution in [0.2, 0.25) is 0 Å². The number of ether oxygens (including phenoxy) is 1. The van der Waals surface area contributed by atoms with Gasteiger partial charge in [-0.25, -0.2) is 9.59 Å². The van der Waals surface area contributed by atoms with Crippen LogP contribution in [-0.4, -0.2) is 28.1 Å². The molecule has 30 heavy (non-hydrogen) atoms. The van der Waals surface area contributed by atoms with Crippen molar-refractivity contribution in [2.24, 2.45) is 0 Å². The summed E-state index contributed by atoms with van der Waals surface area (Å²) in [7, 11) is 1.26. The molecular formula is C22H23N3O5. The SMILES string of the molecule is CCCCn1c(=O)c2ccccc2n(CC(=O)Nc2ccccc2C(=O)OC)c1=O. The topological polar surface area (TPSA) is 99.4 Å². The highest BCUT2D eigenvalue weighted by Gasteiger charge is 2.17. The number of esters is 1. The van der Waals surface area contributed by atoms with E-state index in [0.717, 1.165) is 6.42 Å². The summed E-state index contributed by atoms with van der Waals surface area (Å²) in [5, 5.41) is 3.03. The molecule has 0 spiro atoms. The summed E-state index contributed by atoms with van der Waals surface area (Å²) in [6.45, 7) is 1.95. The molecule has 0 atom stereocenters. The Bertz CT molecular complexity index is 1210. The first kappa shape index (κ1) is 21.0. The fourth-order valence-electron chi connectivity index (χ4n) is 3.25. The van der Waals surface area contributed by atoms with Crippen LogP contribution in [0.4, 0.5) is 5.69 Å². The molecule has 156 valence electrons.